The Hall–Kier alpha value is -1.40. The van der Waals surface area contributed by atoms with Crippen LogP contribution in [0.4, 0.5) is 0 Å². The summed E-state index contributed by atoms with van der Waals surface area (Å²) in [5, 5.41) is 7.75. The summed E-state index contributed by atoms with van der Waals surface area (Å²) >= 11 is 7.06. The van der Waals surface area contributed by atoms with Crippen LogP contribution in [0, 0.1) is 5.41 Å². The molecule has 0 aliphatic rings. The Kier molecular flexibility index (Phi) is 6.52. The average molecular weight is 303 g/mol. The summed E-state index contributed by atoms with van der Waals surface area (Å²) in [5.74, 6) is 0.558. The molecule has 0 radical (unpaired) electrons. The van der Waals surface area contributed by atoms with Gasteiger partial charge >= 0.3 is 5.97 Å². The third-order valence-corrected chi connectivity index (χ3v) is 3.06. The quantitative estimate of drug-likeness (QED) is 0.479. The Balaban J connectivity index is 2.70. The Morgan fingerprint density at radius 1 is 1.53 bits per heavy atom. The number of halogens is 1. The molecule has 0 amide bonds. The minimum absolute atomic E-state index is 0.0105. The van der Waals surface area contributed by atoms with E-state index in [0.29, 0.717) is 23.1 Å². The highest BCUT2D eigenvalue weighted by molar-refractivity contribution is 8.13. The fraction of sp³-hybridized carbons (Fsp3) is 0.333. The van der Waals surface area contributed by atoms with E-state index in [4.69, 9.17) is 32.2 Å². The lowest BCUT2D eigenvalue weighted by Crippen LogP contribution is -2.15. The first kappa shape index (κ1) is 15.7. The topological polar surface area (TPSA) is 85.4 Å². The van der Waals surface area contributed by atoms with Gasteiger partial charge < -0.3 is 15.2 Å². The molecule has 1 aromatic rings. The van der Waals surface area contributed by atoms with E-state index in [-0.39, 0.29) is 11.8 Å². The molecule has 1 aromatic carbocycles. The Morgan fingerprint density at radius 3 is 2.89 bits per heavy atom. The van der Waals surface area contributed by atoms with E-state index in [0.717, 1.165) is 17.3 Å². The smallest absolute Gasteiger partial charge is 0.344 e. The van der Waals surface area contributed by atoms with Crippen LogP contribution in [0.5, 0.6) is 5.75 Å². The fourth-order valence-electron chi connectivity index (χ4n) is 1.30. The summed E-state index contributed by atoms with van der Waals surface area (Å²) < 4.78 is 10.2. The first-order chi connectivity index (χ1) is 9.02. The molecule has 1 rings (SSSR count). The van der Waals surface area contributed by atoms with Crippen molar-refractivity contribution in [3.8, 4) is 5.75 Å². The van der Waals surface area contributed by atoms with Crippen LogP contribution in [0.3, 0.4) is 0 Å². The summed E-state index contributed by atoms with van der Waals surface area (Å²) in [6, 6.07) is 5.07. The van der Waals surface area contributed by atoms with Crippen molar-refractivity contribution in [3.63, 3.8) is 0 Å². The van der Waals surface area contributed by atoms with Crippen molar-refractivity contribution in [3.05, 3.63) is 28.8 Å². The molecule has 3 N–H and O–H groups in total. The lowest BCUT2D eigenvalue weighted by atomic mass is 10.2. The first-order valence-electron chi connectivity index (χ1n) is 5.56. The minimum atomic E-state index is -0.428. The van der Waals surface area contributed by atoms with Crippen LogP contribution < -0.4 is 10.5 Å². The number of ether oxygens (including phenoxy) is 2. The van der Waals surface area contributed by atoms with E-state index >= 15 is 0 Å². The Bertz CT molecular complexity index is 468. The molecule has 0 spiro atoms. The molecule has 0 saturated heterocycles. The molecule has 0 atom stereocenters. The van der Waals surface area contributed by atoms with Crippen molar-refractivity contribution >= 4 is 34.5 Å². The van der Waals surface area contributed by atoms with E-state index < -0.39 is 5.97 Å². The number of amidine groups is 1. The summed E-state index contributed by atoms with van der Waals surface area (Å²) in [6.45, 7) is 1.89. The van der Waals surface area contributed by atoms with Crippen LogP contribution in [-0.2, 0) is 15.3 Å². The normalized spacial score (nSPS) is 10.0. The second-order valence-electron chi connectivity index (χ2n) is 3.50. The predicted molar refractivity (Wildman–Crippen MR) is 76.8 cm³/mol. The average Bonchev–Trinajstić information content (AvgIpc) is 2.35. The zero-order chi connectivity index (χ0) is 14.3. The van der Waals surface area contributed by atoms with E-state index in [1.807, 2.05) is 0 Å². The van der Waals surface area contributed by atoms with Crippen LogP contribution in [-0.4, -0.2) is 24.4 Å². The number of rotatable bonds is 6. The number of carbonyl (C=O) groups excluding carboxylic acids is 1. The van der Waals surface area contributed by atoms with Gasteiger partial charge in [0.2, 0.25) is 0 Å². The third-order valence-electron chi connectivity index (χ3n) is 2.06. The largest absolute Gasteiger partial charge is 0.482 e. The lowest BCUT2D eigenvalue weighted by Gasteiger charge is -2.11. The van der Waals surface area contributed by atoms with Crippen LogP contribution in [0.1, 0.15) is 12.5 Å². The minimum Gasteiger partial charge on any atom is -0.482 e. The highest BCUT2D eigenvalue weighted by atomic mass is 35.5. The number of nitrogens with two attached hydrogens (primary N) is 1. The number of nitrogens with one attached hydrogen (secondary N) is 1. The van der Waals surface area contributed by atoms with Gasteiger partial charge in [-0.25, -0.2) is 4.79 Å². The standard InChI is InChI=1S/C12H15ClN2O3S/c1-2-17-11(16)6-18-10-4-3-9(13)5-8(10)7-19-12(14)15/h3-5H,2,6-7H2,1H3,(H3,14,15). The maximum absolute atomic E-state index is 11.2. The second kappa shape index (κ2) is 7.91. The van der Waals surface area contributed by atoms with Crippen molar-refractivity contribution in [2.24, 2.45) is 5.73 Å². The van der Waals surface area contributed by atoms with Crippen LogP contribution in [0.2, 0.25) is 5.02 Å². The molecule has 0 bridgehead atoms. The zero-order valence-corrected chi connectivity index (χ0v) is 12.0. The summed E-state index contributed by atoms with van der Waals surface area (Å²) in [4.78, 5) is 11.2. The molecule has 0 aliphatic carbocycles. The number of esters is 1. The van der Waals surface area contributed by atoms with E-state index in [1.54, 1.807) is 25.1 Å². The van der Waals surface area contributed by atoms with Gasteiger partial charge in [-0.05, 0) is 25.1 Å². The number of hydrogen-bond donors (Lipinski definition) is 2. The van der Waals surface area contributed by atoms with Crippen molar-refractivity contribution < 1.29 is 14.3 Å². The number of hydrogen-bond acceptors (Lipinski definition) is 5. The Labute approximate surface area is 120 Å². The van der Waals surface area contributed by atoms with Gasteiger partial charge in [0.15, 0.2) is 11.8 Å². The molecule has 0 unspecified atom stereocenters. The van der Waals surface area contributed by atoms with Crippen LogP contribution in [0.15, 0.2) is 18.2 Å². The molecule has 0 aromatic heterocycles. The maximum Gasteiger partial charge on any atom is 0.344 e. The van der Waals surface area contributed by atoms with Gasteiger partial charge in [-0.2, -0.15) is 0 Å². The predicted octanol–water partition coefficient (Wildman–Crippen LogP) is 2.41. The van der Waals surface area contributed by atoms with Gasteiger partial charge in [0.25, 0.3) is 0 Å². The van der Waals surface area contributed by atoms with Gasteiger partial charge in [-0.1, -0.05) is 23.4 Å². The second-order valence-corrected chi connectivity index (χ2v) is 4.95. The van der Waals surface area contributed by atoms with E-state index in [1.165, 1.54) is 0 Å². The van der Waals surface area contributed by atoms with E-state index in [2.05, 4.69) is 0 Å². The van der Waals surface area contributed by atoms with Crippen LogP contribution >= 0.6 is 23.4 Å². The fourth-order valence-corrected chi connectivity index (χ4v) is 2.03. The Morgan fingerprint density at radius 2 is 2.26 bits per heavy atom. The highest BCUT2D eigenvalue weighted by Gasteiger charge is 2.09. The molecule has 0 heterocycles. The van der Waals surface area contributed by atoms with Gasteiger partial charge in [0.1, 0.15) is 5.75 Å². The molecule has 0 aliphatic heterocycles. The van der Waals surface area contributed by atoms with Crippen molar-refractivity contribution in [1.29, 1.82) is 5.41 Å². The molecule has 104 valence electrons. The molecule has 19 heavy (non-hydrogen) atoms. The molecular weight excluding hydrogens is 288 g/mol. The summed E-state index contributed by atoms with van der Waals surface area (Å²) in [6.07, 6.45) is 0. The highest BCUT2D eigenvalue weighted by Crippen LogP contribution is 2.26. The molecule has 7 heteroatoms. The van der Waals surface area contributed by atoms with E-state index in [9.17, 15) is 4.79 Å². The molecule has 0 fully saturated rings. The van der Waals surface area contributed by atoms with Gasteiger partial charge in [-0.15, -0.1) is 0 Å². The maximum atomic E-state index is 11.2. The van der Waals surface area contributed by atoms with Crippen molar-refractivity contribution in [2.45, 2.75) is 12.7 Å². The first-order valence-corrected chi connectivity index (χ1v) is 6.93. The van der Waals surface area contributed by atoms with Crippen LogP contribution in [0.25, 0.3) is 0 Å². The lowest BCUT2D eigenvalue weighted by molar-refractivity contribution is -0.145. The summed E-state index contributed by atoms with van der Waals surface area (Å²) in [7, 11) is 0. The SMILES string of the molecule is CCOC(=O)COc1ccc(Cl)cc1CSC(=N)N. The molecular formula is C12H15ClN2O3S. The number of thioether (sulfide) groups is 1. The van der Waals surface area contributed by atoms with Crippen molar-refractivity contribution in [1.82, 2.24) is 0 Å². The monoisotopic (exact) mass is 302 g/mol. The number of carbonyl (C=O) groups is 1. The zero-order valence-electron chi connectivity index (χ0n) is 10.4. The van der Waals surface area contributed by atoms with Gasteiger partial charge in [0.05, 0.1) is 6.61 Å². The number of benzene rings is 1. The summed E-state index contributed by atoms with van der Waals surface area (Å²) in [5.41, 5.74) is 6.06. The van der Waals surface area contributed by atoms with Gasteiger partial charge in [-0.3, -0.25) is 5.41 Å². The molecule has 0 saturated carbocycles. The van der Waals surface area contributed by atoms with Crippen molar-refractivity contribution in [2.75, 3.05) is 13.2 Å². The van der Waals surface area contributed by atoms with Gasteiger partial charge in [0, 0.05) is 16.3 Å². The molecule has 5 nitrogen and oxygen atoms in total. The third kappa shape index (κ3) is 5.85.